The average Bonchev–Trinajstić information content (AvgIpc) is 2.76. The Morgan fingerprint density at radius 3 is 2.62 bits per heavy atom. The van der Waals surface area contributed by atoms with Crippen molar-refractivity contribution >= 4 is 17.6 Å². The van der Waals surface area contributed by atoms with Gasteiger partial charge in [-0.1, -0.05) is 24.0 Å². The fourth-order valence-electron chi connectivity index (χ4n) is 1.17. The average molecular weight is 230 g/mol. The number of halogens is 1. The molecule has 0 unspecified atom stereocenters. The Kier molecular flexibility index (Phi) is 3.13. The van der Waals surface area contributed by atoms with Crippen LogP contribution in [0.25, 0.3) is 0 Å². The van der Waals surface area contributed by atoms with Crippen molar-refractivity contribution in [2.45, 2.75) is 0 Å². The third kappa shape index (κ3) is 2.36. The molecule has 2 aromatic rings. The summed E-state index contributed by atoms with van der Waals surface area (Å²) in [6.45, 7) is 0. The van der Waals surface area contributed by atoms with Gasteiger partial charge in [0, 0.05) is 0 Å². The highest BCUT2D eigenvalue weighted by molar-refractivity contribution is 7.14. The second-order valence-corrected chi connectivity index (χ2v) is 4.17. The van der Waals surface area contributed by atoms with Crippen LogP contribution < -0.4 is 0 Å². The Morgan fingerprint density at radius 2 is 1.94 bits per heavy atom. The number of carbonyl (C=O) groups is 1. The summed E-state index contributed by atoms with van der Waals surface area (Å²) in [5.74, 6) is 5.23. The molecule has 0 fully saturated rings. The maximum atomic E-state index is 13.2. The standard InChI is InChI=1S/C13H7FOS/c14-13-4-2-1-3-10(13)5-6-11-7-8-12(9-15)16-11/h1-4,7-9H. The molecule has 78 valence electrons. The van der Waals surface area contributed by atoms with Crippen LogP contribution in [-0.4, -0.2) is 6.29 Å². The molecule has 1 heterocycles. The second kappa shape index (κ2) is 4.73. The zero-order valence-corrected chi connectivity index (χ0v) is 9.05. The van der Waals surface area contributed by atoms with Gasteiger partial charge in [-0.05, 0) is 24.3 Å². The van der Waals surface area contributed by atoms with E-state index in [1.54, 1.807) is 30.3 Å². The third-order valence-corrected chi connectivity index (χ3v) is 2.86. The number of hydrogen-bond donors (Lipinski definition) is 0. The maximum absolute atomic E-state index is 13.2. The van der Waals surface area contributed by atoms with E-state index >= 15 is 0 Å². The summed E-state index contributed by atoms with van der Waals surface area (Å²) in [5.41, 5.74) is 0.364. The molecule has 0 saturated carbocycles. The maximum Gasteiger partial charge on any atom is 0.160 e. The van der Waals surface area contributed by atoms with Gasteiger partial charge in [0.2, 0.25) is 0 Å². The van der Waals surface area contributed by atoms with Crippen LogP contribution in [0.15, 0.2) is 36.4 Å². The molecule has 0 atom stereocenters. The number of rotatable bonds is 1. The summed E-state index contributed by atoms with van der Waals surface area (Å²) in [5, 5.41) is 0. The fourth-order valence-corrected chi connectivity index (χ4v) is 1.85. The molecule has 0 saturated heterocycles. The minimum absolute atomic E-state index is 0.331. The van der Waals surface area contributed by atoms with E-state index in [2.05, 4.69) is 11.8 Å². The lowest BCUT2D eigenvalue weighted by molar-refractivity contribution is 0.112. The first-order chi connectivity index (χ1) is 7.79. The lowest BCUT2D eigenvalue weighted by Gasteiger charge is -1.90. The molecule has 3 heteroatoms. The molecule has 0 radical (unpaired) electrons. The van der Waals surface area contributed by atoms with E-state index < -0.39 is 0 Å². The molecule has 1 aromatic carbocycles. The van der Waals surface area contributed by atoms with E-state index in [1.807, 2.05) is 0 Å². The van der Waals surface area contributed by atoms with Crippen molar-refractivity contribution in [2.75, 3.05) is 0 Å². The van der Waals surface area contributed by atoms with E-state index in [0.29, 0.717) is 10.4 Å². The molecule has 1 nitrogen and oxygen atoms in total. The third-order valence-electron chi connectivity index (χ3n) is 1.94. The summed E-state index contributed by atoms with van der Waals surface area (Å²) in [7, 11) is 0. The minimum Gasteiger partial charge on any atom is -0.297 e. The predicted molar refractivity (Wildman–Crippen MR) is 62.1 cm³/mol. The molecule has 0 N–H and O–H groups in total. The summed E-state index contributed by atoms with van der Waals surface area (Å²) in [6, 6.07) is 9.80. The van der Waals surface area contributed by atoms with Crippen LogP contribution in [0.5, 0.6) is 0 Å². The lowest BCUT2D eigenvalue weighted by atomic mass is 10.2. The van der Waals surface area contributed by atoms with Crippen molar-refractivity contribution < 1.29 is 9.18 Å². The van der Waals surface area contributed by atoms with Crippen LogP contribution in [0.2, 0.25) is 0 Å². The summed E-state index contributed by atoms with van der Waals surface area (Å²) < 4.78 is 13.2. The van der Waals surface area contributed by atoms with Gasteiger partial charge in [0.25, 0.3) is 0 Å². The van der Waals surface area contributed by atoms with Gasteiger partial charge in [0.15, 0.2) is 6.29 Å². The van der Waals surface area contributed by atoms with Crippen LogP contribution in [0, 0.1) is 17.7 Å². The Morgan fingerprint density at radius 1 is 1.12 bits per heavy atom. The Labute approximate surface area is 96.5 Å². The first kappa shape index (κ1) is 10.6. The zero-order chi connectivity index (χ0) is 11.4. The van der Waals surface area contributed by atoms with Crippen molar-refractivity contribution in [1.29, 1.82) is 0 Å². The number of hydrogen-bond acceptors (Lipinski definition) is 2. The van der Waals surface area contributed by atoms with Gasteiger partial charge in [-0.3, -0.25) is 4.79 Å². The predicted octanol–water partition coefficient (Wildman–Crippen LogP) is 3.10. The van der Waals surface area contributed by atoms with Crippen molar-refractivity contribution in [1.82, 2.24) is 0 Å². The van der Waals surface area contributed by atoms with E-state index in [-0.39, 0.29) is 5.82 Å². The molecule has 0 aliphatic carbocycles. The molecule has 1 aromatic heterocycles. The lowest BCUT2D eigenvalue weighted by Crippen LogP contribution is -1.80. The summed E-state index contributed by atoms with van der Waals surface area (Å²) in [6.07, 6.45) is 0.777. The van der Waals surface area contributed by atoms with Crippen LogP contribution in [0.1, 0.15) is 20.1 Å². The van der Waals surface area contributed by atoms with Crippen molar-refractivity contribution in [3.05, 3.63) is 57.5 Å². The first-order valence-corrected chi connectivity index (χ1v) is 5.43. The minimum atomic E-state index is -0.331. The largest absolute Gasteiger partial charge is 0.297 e. The van der Waals surface area contributed by atoms with Crippen LogP contribution in [0.3, 0.4) is 0 Å². The molecule has 0 spiro atoms. The fraction of sp³-hybridized carbons (Fsp3) is 0. The molecule has 0 aliphatic heterocycles. The molecule has 0 aliphatic rings. The number of carbonyl (C=O) groups excluding carboxylic acids is 1. The summed E-state index contributed by atoms with van der Waals surface area (Å²) >= 11 is 1.29. The molecular formula is C13H7FOS. The van der Waals surface area contributed by atoms with Crippen LogP contribution in [0.4, 0.5) is 4.39 Å². The van der Waals surface area contributed by atoms with Gasteiger partial charge in [-0.2, -0.15) is 0 Å². The molecule has 0 amide bonds. The first-order valence-electron chi connectivity index (χ1n) is 4.61. The molecule has 2 rings (SSSR count). The number of benzene rings is 1. The SMILES string of the molecule is O=Cc1ccc(C#Cc2ccccc2F)s1. The quantitative estimate of drug-likeness (QED) is 0.543. The van der Waals surface area contributed by atoms with Crippen LogP contribution >= 0.6 is 11.3 Å². The van der Waals surface area contributed by atoms with Gasteiger partial charge in [-0.25, -0.2) is 4.39 Å². The number of aldehydes is 1. The van der Waals surface area contributed by atoms with Gasteiger partial charge in [0.1, 0.15) is 5.82 Å². The molecule has 0 bridgehead atoms. The topological polar surface area (TPSA) is 17.1 Å². The van der Waals surface area contributed by atoms with Gasteiger partial charge < -0.3 is 0 Å². The highest BCUT2D eigenvalue weighted by atomic mass is 32.1. The van der Waals surface area contributed by atoms with E-state index in [4.69, 9.17) is 0 Å². The Balaban J connectivity index is 2.28. The van der Waals surface area contributed by atoms with E-state index in [9.17, 15) is 9.18 Å². The summed E-state index contributed by atoms with van der Waals surface area (Å²) in [4.78, 5) is 11.8. The highest BCUT2D eigenvalue weighted by Gasteiger charge is 1.97. The van der Waals surface area contributed by atoms with Crippen molar-refractivity contribution in [2.24, 2.45) is 0 Å². The van der Waals surface area contributed by atoms with Crippen molar-refractivity contribution in [3.63, 3.8) is 0 Å². The highest BCUT2D eigenvalue weighted by Crippen LogP contribution is 2.13. The van der Waals surface area contributed by atoms with Gasteiger partial charge in [0.05, 0.1) is 15.3 Å². The van der Waals surface area contributed by atoms with Crippen molar-refractivity contribution in [3.8, 4) is 11.8 Å². The van der Waals surface area contributed by atoms with Crippen LogP contribution in [-0.2, 0) is 0 Å². The van der Waals surface area contributed by atoms with E-state index in [1.165, 1.54) is 17.4 Å². The molecular weight excluding hydrogens is 223 g/mol. The Hall–Kier alpha value is -1.92. The number of thiophene rings is 1. The monoisotopic (exact) mass is 230 g/mol. The van der Waals surface area contributed by atoms with E-state index in [0.717, 1.165) is 11.2 Å². The van der Waals surface area contributed by atoms with Gasteiger partial charge in [-0.15, -0.1) is 11.3 Å². The normalized spacial score (nSPS) is 9.31. The zero-order valence-electron chi connectivity index (χ0n) is 8.24. The Bertz CT molecular complexity index is 575. The molecule has 16 heavy (non-hydrogen) atoms. The smallest absolute Gasteiger partial charge is 0.160 e. The van der Waals surface area contributed by atoms with Gasteiger partial charge >= 0.3 is 0 Å². The second-order valence-electron chi connectivity index (χ2n) is 3.05.